The van der Waals surface area contributed by atoms with Gasteiger partial charge in [-0.3, -0.25) is 0 Å². The van der Waals surface area contributed by atoms with Gasteiger partial charge in [0.1, 0.15) is 0 Å². The van der Waals surface area contributed by atoms with Crippen LogP contribution in [0.15, 0.2) is 0 Å². The average molecular weight is 284 g/mol. The fourth-order valence-corrected chi connectivity index (χ4v) is 3.34. The maximum atomic E-state index is 9.62. The Morgan fingerprint density at radius 1 is 1.35 bits per heavy atom. The smallest absolute Gasteiger partial charge is 0.0610 e. The summed E-state index contributed by atoms with van der Waals surface area (Å²) < 4.78 is 5.29. The number of nitrogens with zero attached hydrogens (tertiary/aromatic N) is 1. The molecular weight excluding hydrogens is 252 g/mol. The maximum absolute atomic E-state index is 9.62. The van der Waals surface area contributed by atoms with Gasteiger partial charge in [-0.25, -0.2) is 0 Å². The van der Waals surface area contributed by atoms with E-state index in [-0.39, 0.29) is 12.1 Å². The number of ether oxygens (including phenoxy) is 1. The minimum Gasteiger partial charge on any atom is -0.394 e. The van der Waals surface area contributed by atoms with Crippen molar-refractivity contribution in [3.63, 3.8) is 0 Å². The lowest BCUT2D eigenvalue weighted by Crippen LogP contribution is -2.47. The second-order valence-corrected chi connectivity index (χ2v) is 7.01. The van der Waals surface area contributed by atoms with Gasteiger partial charge in [0.2, 0.25) is 0 Å². The van der Waals surface area contributed by atoms with E-state index < -0.39 is 0 Å². The van der Waals surface area contributed by atoms with Gasteiger partial charge in [0, 0.05) is 25.2 Å². The first-order valence-electron chi connectivity index (χ1n) is 8.25. The molecule has 2 N–H and O–H groups in total. The Morgan fingerprint density at radius 3 is 2.80 bits per heavy atom. The van der Waals surface area contributed by atoms with E-state index in [0.29, 0.717) is 12.0 Å². The summed E-state index contributed by atoms with van der Waals surface area (Å²) in [5.74, 6) is 0.711. The number of aliphatic hydroxyl groups is 1. The van der Waals surface area contributed by atoms with Crippen molar-refractivity contribution in [2.75, 3.05) is 40.0 Å². The second kappa shape index (κ2) is 7.74. The first-order chi connectivity index (χ1) is 9.65. The van der Waals surface area contributed by atoms with E-state index in [2.05, 4.69) is 17.1 Å². The molecule has 1 saturated heterocycles. The predicted molar refractivity (Wildman–Crippen MR) is 81.9 cm³/mol. The molecule has 2 atom stereocenters. The van der Waals surface area contributed by atoms with Crippen LogP contribution in [0.1, 0.15) is 45.4 Å². The van der Waals surface area contributed by atoms with E-state index in [0.717, 1.165) is 26.0 Å². The molecule has 1 aliphatic carbocycles. The van der Waals surface area contributed by atoms with Crippen molar-refractivity contribution in [2.45, 2.75) is 57.0 Å². The maximum Gasteiger partial charge on any atom is 0.0610 e. The molecule has 0 amide bonds. The van der Waals surface area contributed by atoms with Crippen molar-refractivity contribution in [3.8, 4) is 0 Å². The molecule has 118 valence electrons. The van der Waals surface area contributed by atoms with Crippen LogP contribution in [0.2, 0.25) is 0 Å². The summed E-state index contributed by atoms with van der Waals surface area (Å²) in [5.41, 5.74) is -0.0805. The fourth-order valence-electron chi connectivity index (χ4n) is 3.34. The summed E-state index contributed by atoms with van der Waals surface area (Å²) in [6.07, 6.45) is 7.39. The van der Waals surface area contributed by atoms with Crippen molar-refractivity contribution < 1.29 is 9.84 Å². The van der Waals surface area contributed by atoms with Gasteiger partial charge in [0.25, 0.3) is 0 Å². The van der Waals surface area contributed by atoms with Gasteiger partial charge in [-0.15, -0.1) is 0 Å². The molecule has 20 heavy (non-hydrogen) atoms. The Kier molecular flexibility index (Phi) is 6.27. The van der Waals surface area contributed by atoms with Gasteiger partial charge in [-0.1, -0.05) is 0 Å². The predicted octanol–water partition coefficient (Wildman–Crippen LogP) is 1.63. The Morgan fingerprint density at radius 2 is 2.15 bits per heavy atom. The highest BCUT2D eigenvalue weighted by molar-refractivity contribution is 4.92. The number of rotatable bonds is 9. The molecule has 0 spiro atoms. The molecule has 0 aromatic rings. The third-order valence-corrected chi connectivity index (χ3v) is 4.69. The quantitative estimate of drug-likeness (QED) is 0.675. The van der Waals surface area contributed by atoms with Crippen LogP contribution in [0.5, 0.6) is 0 Å². The molecule has 1 aliphatic heterocycles. The monoisotopic (exact) mass is 284 g/mol. The highest BCUT2D eigenvalue weighted by Crippen LogP contribution is 2.25. The molecule has 2 rings (SSSR count). The van der Waals surface area contributed by atoms with Crippen LogP contribution in [0.25, 0.3) is 0 Å². The average Bonchev–Trinajstić information content (AvgIpc) is 3.23. The minimum absolute atomic E-state index is 0.0805. The van der Waals surface area contributed by atoms with Gasteiger partial charge in [0.15, 0.2) is 0 Å². The molecule has 0 bridgehead atoms. The number of nitrogens with one attached hydrogen (secondary N) is 1. The zero-order valence-corrected chi connectivity index (χ0v) is 13.2. The molecule has 0 aromatic heterocycles. The van der Waals surface area contributed by atoms with E-state index in [1.807, 2.05) is 0 Å². The number of aliphatic hydroxyl groups excluding tert-OH is 1. The van der Waals surface area contributed by atoms with Crippen molar-refractivity contribution in [3.05, 3.63) is 0 Å². The summed E-state index contributed by atoms with van der Waals surface area (Å²) >= 11 is 0. The molecule has 4 nitrogen and oxygen atoms in total. The Bertz CT molecular complexity index is 282. The van der Waals surface area contributed by atoms with Crippen molar-refractivity contribution in [2.24, 2.45) is 5.92 Å². The van der Waals surface area contributed by atoms with E-state index >= 15 is 0 Å². The van der Waals surface area contributed by atoms with Crippen LogP contribution >= 0.6 is 0 Å². The van der Waals surface area contributed by atoms with Crippen molar-refractivity contribution >= 4 is 0 Å². The SMILES string of the molecule is COCC1CCCN(CCCC(C)(CO)NC2CC2)C1. The van der Waals surface area contributed by atoms with Crippen LogP contribution < -0.4 is 5.32 Å². The molecule has 4 heteroatoms. The van der Waals surface area contributed by atoms with Crippen LogP contribution in [0, 0.1) is 5.92 Å². The lowest BCUT2D eigenvalue weighted by molar-refractivity contribution is 0.0866. The van der Waals surface area contributed by atoms with Gasteiger partial charge in [-0.2, -0.15) is 0 Å². The van der Waals surface area contributed by atoms with Gasteiger partial charge >= 0.3 is 0 Å². The standard InChI is InChI=1S/C16H32N2O2/c1-16(13-19,17-15-6-7-15)8-4-10-18-9-3-5-14(11-18)12-20-2/h14-15,17,19H,3-13H2,1-2H3. The molecular formula is C16H32N2O2. The molecule has 2 aliphatic rings. The Labute approximate surface area is 123 Å². The van der Waals surface area contributed by atoms with Crippen LogP contribution in [0.4, 0.5) is 0 Å². The number of hydrogen-bond donors (Lipinski definition) is 2. The fraction of sp³-hybridized carbons (Fsp3) is 1.00. The van der Waals surface area contributed by atoms with Gasteiger partial charge in [0.05, 0.1) is 13.2 Å². The normalized spacial score (nSPS) is 27.4. The highest BCUT2D eigenvalue weighted by Gasteiger charge is 2.31. The van der Waals surface area contributed by atoms with Crippen molar-refractivity contribution in [1.29, 1.82) is 0 Å². The zero-order valence-electron chi connectivity index (χ0n) is 13.2. The van der Waals surface area contributed by atoms with E-state index in [1.165, 1.54) is 38.8 Å². The zero-order chi connectivity index (χ0) is 14.4. The lowest BCUT2D eigenvalue weighted by Gasteiger charge is -2.34. The molecule has 1 saturated carbocycles. The number of piperidine rings is 1. The number of methoxy groups -OCH3 is 1. The first kappa shape index (κ1) is 16.2. The number of hydrogen-bond acceptors (Lipinski definition) is 4. The number of likely N-dealkylation sites (tertiary alicyclic amines) is 1. The second-order valence-electron chi connectivity index (χ2n) is 7.01. The minimum atomic E-state index is -0.0805. The highest BCUT2D eigenvalue weighted by atomic mass is 16.5. The van der Waals surface area contributed by atoms with Crippen LogP contribution in [-0.4, -0.2) is 61.5 Å². The first-order valence-corrected chi connectivity index (χ1v) is 8.25. The Balaban J connectivity index is 1.65. The third-order valence-electron chi connectivity index (χ3n) is 4.69. The van der Waals surface area contributed by atoms with E-state index in [4.69, 9.17) is 4.74 Å². The summed E-state index contributed by atoms with van der Waals surface area (Å²) in [7, 11) is 1.80. The van der Waals surface area contributed by atoms with Gasteiger partial charge < -0.3 is 20.1 Å². The Hall–Kier alpha value is -0.160. The summed E-state index contributed by atoms with van der Waals surface area (Å²) in [4.78, 5) is 2.57. The largest absolute Gasteiger partial charge is 0.394 e. The molecule has 2 unspecified atom stereocenters. The summed E-state index contributed by atoms with van der Waals surface area (Å²) in [6.45, 7) is 6.87. The van der Waals surface area contributed by atoms with E-state index in [9.17, 15) is 5.11 Å². The molecule has 0 radical (unpaired) electrons. The molecule has 2 fully saturated rings. The van der Waals surface area contributed by atoms with Crippen LogP contribution in [-0.2, 0) is 4.74 Å². The summed E-state index contributed by atoms with van der Waals surface area (Å²) in [5, 5.41) is 13.2. The van der Waals surface area contributed by atoms with Crippen molar-refractivity contribution in [1.82, 2.24) is 10.2 Å². The van der Waals surface area contributed by atoms with Gasteiger partial charge in [-0.05, 0) is 64.5 Å². The van der Waals surface area contributed by atoms with E-state index in [1.54, 1.807) is 7.11 Å². The third kappa shape index (κ3) is 5.32. The summed E-state index contributed by atoms with van der Waals surface area (Å²) in [6, 6.07) is 0.660. The van der Waals surface area contributed by atoms with Crippen LogP contribution in [0.3, 0.4) is 0 Å². The molecule has 0 aromatic carbocycles. The topological polar surface area (TPSA) is 44.7 Å². The molecule has 1 heterocycles. The lowest BCUT2D eigenvalue weighted by atomic mass is 9.95.